The van der Waals surface area contributed by atoms with Crippen molar-refractivity contribution >= 4 is 17.9 Å². The van der Waals surface area contributed by atoms with Gasteiger partial charge in [0, 0.05) is 19.3 Å². The second-order valence-corrected chi connectivity index (χ2v) is 22.7. The molecule has 0 N–H and O–H groups in total. The summed E-state index contributed by atoms with van der Waals surface area (Å²) in [5.41, 5.74) is 0. The second-order valence-electron chi connectivity index (χ2n) is 22.7. The lowest BCUT2D eigenvalue weighted by Crippen LogP contribution is -2.30. The Morgan fingerprint density at radius 3 is 0.780 bits per heavy atom. The van der Waals surface area contributed by atoms with Gasteiger partial charge >= 0.3 is 17.9 Å². The normalized spacial score (nSPS) is 12.9. The average molecular weight is 1140 g/mol. The molecule has 82 heavy (non-hydrogen) atoms. The predicted molar refractivity (Wildman–Crippen MR) is 357 cm³/mol. The van der Waals surface area contributed by atoms with Gasteiger partial charge in [0.15, 0.2) is 6.10 Å². The Morgan fingerprint density at radius 1 is 0.256 bits per heavy atom. The standard InChI is InChI=1S/C76H128O6/c1-4-7-10-13-16-19-22-25-28-31-34-36-37-38-39-41-42-45-48-51-54-57-60-63-66-69-75(78)81-72-73(71-80-74(77)68-65-62-59-56-53-50-47-44-33-30-27-24-21-18-15-12-9-6-3)82-76(79)70-67-64-61-58-55-52-49-46-43-40-35-32-29-26-23-20-17-14-11-8-5-2/h8,11,17,20-22,24-26,29-31,33-35,40,46,49,55,58,73H,4-7,9-10,12-16,18-19,23,27-28,32,36-39,41-45,47-48,50-54,56-57,59-72H2,1-3H3/b11-8-,20-17-,24-21-,25-22-,29-26-,33-30-,34-31-,40-35-,49-46-,58-55-. The van der Waals surface area contributed by atoms with Gasteiger partial charge in [-0.3, -0.25) is 14.4 Å². The summed E-state index contributed by atoms with van der Waals surface area (Å²) >= 11 is 0. The molecule has 6 heteroatoms. The van der Waals surface area contributed by atoms with Gasteiger partial charge in [-0.1, -0.05) is 290 Å². The van der Waals surface area contributed by atoms with Gasteiger partial charge in [-0.15, -0.1) is 0 Å². The molecular weight excluding hydrogens is 1010 g/mol. The lowest BCUT2D eigenvalue weighted by molar-refractivity contribution is -0.167. The molecule has 6 nitrogen and oxygen atoms in total. The smallest absolute Gasteiger partial charge is 0.306 e. The van der Waals surface area contributed by atoms with Crippen molar-refractivity contribution in [2.45, 2.75) is 329 Å². The summed E-state index contributed by atoms with van der Waals surface area (Å²) in [6.45, 7) is 6.49. The number of hydrogen-bond acceptors (Lipinski definition) is 6. The Balaban J connectivity index is 4.44. The van der Waals surface area contributed by atoms with Crippen LogP contribution < -0.4 is 0 Å². The topological polar surface area (TPSA) is 78.9 Å². The molecule has 0 aliphatic rings. The summed E-state index contributed by atoms with van der Waals surface area (Å²) in [6.07, 6.45) is 96.4. The molecule has 1 atom stereocenters. The Hall–Kier alpha value is -4.19. The molecule has 468 valence electrons. The molecule has 0 aromatic carbocycles. The molecule has 0 saturated carbocycles. The van der Waals surface area contributed by atoms with Crippen molar-refractivity contribution in [1.29, 1.82) is 0 Å². The Labute approximate surface area is 507 Å². The number of carbonyl (C=O) groups excluding carboxylic acids is 3. The van der Waals surface area contributed by atoms with Crippen LogP contribution in [0.5, 0.6) is 0 Å². The highest BCUT2D eigenvalue weighted by Gasteiger charge is 2.19. The molecule has 0 bridgehead atoms. The van der Waals surface area contributed by atoms with E-state index in [-0.39, 0.29) is 37.5 Å². The molecule has 0 aromatic rings. The maximum absolute atomic E-state index is 12.9. The average Bonchev–Trinajstić information content (AvgIpc) is 3.47. The van der Waals surface area contributed by atoms with Crippen molar-refractivity contribution < 1.29 is 28.6 Å². The van der Waals surface area contributed by atoms with Crippen LogP contribution in [-0.2, 0) is 28.6 Å². The number of rotatable bonds is 62. The summed E-state index contributed by atoms with van der Waals surface area (Å²) in [5.74, 6) is -0.943. The summed E-state index contributed by atoms with van der Waals surface area (Å²) in [7, 11) is 0. The first-order valence-corrected chi connectivity index (χ1v) is 34.5. The van der Waals surface area contributed by atoms with Crippen LogP contribution in [0.3, 0.4) is 0 Å². The van der Waals surface area contributed by atoms with E-state index in [0.29, 0.717) is 19.3 Å². The number of esters is 3. The lowest BCUT2D eigenvalue weighted by atomic mass is 10.0. The summed E-state index contributed by atoms with van der Waals surface area (Å²) in [6, 6.07) is 0. The van der Waals surface area contributed by atoms with E-state index in [1.54, 1.807) is 0 Å². The number of hydrogen-bond donors (Lipinski definition) is 0. The lowest BCUT2D eigenvalue weighted by Gasteiger charge is -2.18. The molecule has 0 aliphatic carbocycles. The Bertz CT molecular complexity index is 1690. The maximum atomic E-state index is 12.9. The van der Waals surface area contributed by atoms with Gasteiger partial charge in [0.05, 0.1) is 0 Å². The largest absolute Gasteiger partial charge is 0.462 e. The molecule has 0 spiro atoms. The summed E-state index contributed by atoms with van der Waals surface area (Å²) in [5, 5.41) is 0. The first-order chi connectivity index (χ1) is 40.5. The third kappa shape index (κ3) is 66.6. The van der Waals surface area contributed by atoms with E-state index in [0.717, 1.165) is 109 Å². The molecule has 0 amide bonds. The van der Waals surface area contributed by atoms with E-state index < -0.39 is 6.10 Å². The fourth-order valence-electron chi connectivity index (χ4n) is 9.51. The van der Waals surface area contributed by atoms with Gasteiger partial charge in [-0.25, -0.2) is 0 Å². The van der Waals surface area contributed by atoms with Crippen molar-refractivity contribution in [3.8, 4) is 0 Å². The predicted octanol–water partition coefficient (Wildman–Crippen LogP) is 23.9. The van der Waals surface area contributed by atoms with Crippen LogP contribution in [0.1, 0.15) is 323 Å². The first-order valence-electron chi connectivity index (χ1n) is 34.5. The van der Waals surface area contributed by atoms with Crippen LogP contribution in [0.4, 0.5) is 0 Å². The minimum absolute atomic E-state index is 0.1000. The van der Waals surface area contributed by atoms with E-state index in [4.69, 9.17) is 14.2 Å². The quantitative estimate of drug-likeness (QED) is 0.0261. The van der Waals surface area contributed by atoms with Gasteiger partial charge in [0.25, 0.3) is 0 Å². The van der Waals surface area contributed by atoms with Gasteiger partial charge in [-0.2, -0.15) is 0 Å². The molecule has 0 radical (unpaired) electrons. The molecule has 0 heterocycles. The number of allylic oxidation sites excluding steroid dienone is 20. The van der Waals surface area contributed by atoms with Crippen LogP contribution in [0, 0.1) is 0 Å². The van der Waals surface area contributed by atoms with Crippen molar-refractivity contribution in [2.75, 3.05) is 13.2 Å². The fourth-order valence-corrected chi connectivity index (χ4v) is 9.51. The van der Waals surface area contributed by atoms with Crippen LogP contribution in [0.25, 0.3) is 0 Å². The highest BCUT2D eigenvalue weighted by atomic mass is 16.6. The van der Waals surface area contributed by atoms with Gasteiger partial charge in [0.2, 0.25) is 0 Å². The van der Waals surface area contributed by atoms with Crippen molar-refractivity contribution in [3.05, 3.63) is 122 Å². The zero-order chi connectivity index (χ0) is 59.2. The van der Waals surface area contributed by atoms with Crippen molar-refractivity contribution in [3.63, 3.8) is 0 Å². The van der Waals surface area contributed by atoms with Crippen molar-refractivity contribution in [1.82, 2.24) is 0 Å². The monoisotopic (exact) mass is 1140 g/mol. The zero-order valence-electron chi connectivity index (χ0n) is 53.7. The van der Waals surface area contributed by atoms with E-state index in [1.807, 2.05) is 0 Å². The van der Waals surface area contributed by atoms with Gasteiger partial charge in [0.1, 0.15) is 13.2 Å². The third-order valence-corrected chi connectivity index (χ3v) is 14.7. The zero-order valence-corrected chi connectivity index (χ0v) is 53.7. The number of ether oxygens (including phenoxy) is 3. The molecule has 1 unspecified atom stereocenters. The third-order valence-electron chi connectivity index (χ3n) is 14.7. The van der Waals surface area contributed by atoms with E-state index in [1.165, 1.54) is 167 Å². The minimum Gasteiger partial charge on any atom is -0.462 e. The first kappa shape index (κ1) is 77.8. The number of carbonyl (C=O) groups is 3. The molecule has 0 fully saturated rings. The van der Waals surface area contributed by atoms with Crippen LogP contribution in [0.15, 0.2) is 122 Å². The minimum atomic E-state index is -0.810. The van der Waals surface area contributed by atoms with Crippen molar-refractivity contribution in [2.24, 2.45) is 0 Å². The molecule has 0 saturated heterocycles. The highest BCUT2D eigenvalue weighted by Crippen LogP contribution is 2.16. The SMILES string of the molecule is CC/C=C\C/C=C\C/C=C\C/C=C\C/C=C\C/C=C\CCCCC(=O)OC(COC(=O)CCCCCCCCC/C=C\C/C=C\CCCCCC)COC(=O)CCCCCCCCCCCCCCC/C=C\C/C=C\CCCCCCC. The van der Waals surface area contributed by atoms with Gasteiger partial charge < -0.3 is 14.2 Å². The molecular formula is C76H128O6. The maximum Gasteiger partial charge on any atom is 0.306 e. The van der Waals surface area contributed by atoms with E-state index >= 15 is 0 Å². The summed E-state index contributed by atoms with van der Waals surface area (Å²) < 4.78 is 16.9. The van der Waals surface area contributed by atoms with E-state index in [9.17, 15) is 14.4 Å². The highest BCUT2D eigenvalue weighted by molar-refractivity contribution is 5.71. The molecule has 0 rings (SSSR count). The molecule has 0 aliphatic heterocycles. The van der Waals surface area contributed by atoms with Gasteiger partial charge in [-0.05, 0) is 135 Å². The van der Waals surface area contributed by atoms with Crippen LogP contribution >= 0.6 is 0 Å². The Kier molecular flexibility index (Phi) is 65.8. The second kappa shape index (κ2) is 69.3. The molecule has 0 aromatic heterocycles. The van der Waals surface area contributed by atoms with Crippen LogP contribution in [-0.4, -0.2) is 37.2 Å². The van der Waals surface area contributed by atoms with Crippen LogP contribution in [0.2, 0.25) is 0 Å². The van der Waals surface area contributed by atoms with E-state index in [2.05, 4.69) is 142 Å². The number of unbranched alkanes of at least 4 members (excludes halogenated alkanes) is 31. The Morgan fingerprint density at radius 2 is 0.476 bits per heavy atom. The fraction of sp³-hybridized carbons (Fsp3) is 0.697. The summed E-state index contributed by atoms with van der Waals surface area (Å²) in [4.78, 5) is 38.4.